The second-order valence-electron chi connectivity index (χ2n) is 6.07. The van der Waals surface area contributed by atoms with Crippen molar-refractivity contribution in [2.45, 2.75) is 19.4 Å². The van der Waals surface area contributed by atoms with E-state index < -0.39 is 6.10 Å². The molecule has 134 valence electrons. The minimum atomic E-state index is -0.688. The zero-order valence-electron chi connectivity index (χ0n) is 14.6. The molecule has 25 heavy (non-hydrogen) atoms. The third-order valence-corrected chi connectivity index (χ3v) is 4.17. The van der Waals surface area contributed by atoms with Gasteiger partial charge in [0, 0.05) is 17.3 Å². The zero-order chi connectivity index (χ0) is 18.4. The summed E-state index contributed by atoms with van der Waals surface area (Å²) in [6, 6.07) is 12.7. The number of ether oxygens (including phenoxy) is 1. The number of rotatable bonds is 7. The van der Waals surface area contributed by atoms with Crippen LogP contribution in [0, 0.1) is 0 Å². The fraction of sp³-hybridized carbons (Fsp3) is 0.316. The van der Waals surface area contributed by atoms with Crippen molar-refractivity contribution in [1.82, 2.24) is 4.90 Å². The number of carbonyl (C=O) groups is 1. The van der Waals surface area contributed by atoms with E-state index in [1.165, 1.54) is 5.56 Å². The molecule has 0 fully saturated rings. The number of hydrogen-bond donors (Lipinski definition) is 1. The van der Waals surface area contributed by atoms with Crippen molar-refractivity contribution in [1.29, 1.82) is 0 Å². The lowest BCUT2D eigenvalue weighted by molar-refractivity contribution is -0.122. The number of likely N-dealkylation sites (N-methyl/N-ethyl adjacent to an activating group) is 1. The summed E-state index contributed by atoms with van der Waals surface area (Å²) in [6.45, 7) is 2.66. The molecule has 4 nitrogen and oxygen atoms in total. The quantitative estimate of drug-likeness (QED) is 0.768. The zero-order valence-corrected chi connectivity index (χ0v) is 16.1. The summed E-state index contributed by atoms with van der Waals surface area (Å²) in [5.74, 6) is 0.180. The highest BCUT2D eigenvalue weighted by atomic mass is 35.5. The van der Waals surface area contributed by atoms with Crippen LogP contribution < -0.4 is 10.1 Å². The molecule has 0 aliphatic heterocycles. The Labute approximate surface area is 158 Å². The smallest absolute Gasteiger partial charge is 0.265 e. The van der Waals surface area contributed by atoms with Gasteiger partial charge in [-0.1, -0.05) is 35.3 Å². The van der Waals surface area contributed by atoms with Gasteiger partial charge in [0.25, 0.3) is 5.91 Å². The van der Waals surface area contributed by atoms with Crippen molar-refractivity contribution in [3.05, 3.63) is 58.1 Å². The molecule has 0 heterocycles. The topological polar surface area (TPSA) is 41.6 Å². The van der Waals surface area contributed by atoms with Crippen molar-refractivity contribution in [3.63, 3.8) is 0 Å². The molecule has 0 aromatic heterocycles. The van der Waals surface area contributed by atoms with Crippen LogP contribution in [0.4, 0.5) is 5.69 Å². The van der Waals surface area contributed by atoms with Gasteiger partial charge in [-0.25, -0.2) is 0 Å². The van der Waals surface area contributed by atoms with Crippen molar-refractivity contribution in [3.8, 4) is 5.75 Å². The maximum Gasteiger partial charge on any atom is 0.265 e. The third kappa shape index (κ3) is 6.24. The van der Waals surface area contributed by atoms with Crippen LogP contribution in [0.25, 0.3) is 0 Å². The lowest BCUT2D eigenvalue weighted by Gasteiger charge is -2.16. The Bertz CT molecular complexity index is 718. The number of benzene rings is 2. The number of halogens is 2. The highest BCUT2D eigenvalue weighted by molar-refractivity contribution is 6.35. The number of amides is 1. The van der Waals surface area contributed by atoms with Crippen LogP contribution in [0.3, 0.4) is 0 Å². The molecular formula is C19H22Cl2N2O2. The molecule has 1 N–H and O–H groups in total. The molecular weight excluding hydrogens is 359 g/mol. The fourth-order valence-corrected chi connectivity index (χ4v) is 2.62. The summed E-state index contributed by atoms with van der Waals surface area (Å²) in [4.78, 5) is 14.4. The van der Waals surface area contributed by atoms with Gasteiger partial charge in [0.15, 0.2) is 6.10 Å². The Balaban J connectivity index is 1.92. The molecule has 2 aromatic rings. The number of nitrogens with one attached hydrogen (secondary N) is 1. The minimum absolute atomic E-state index is 0.243. The van der Waals surface area contributed by atoms with E-state index in [4.69, 9.17) is 27.9 Å². The standard InChI is InChI=1S/C19H22Cl2N2O2/c1-13(25-18-9-6-15(20)12-17(18)21)19(24)22-16-7-4-14(5-8-16)10-11-23(2)3/h4-9,12-13H,10-11H2,1-3H3,(H,22,24). The minimum Gasteiger partial charge on any atom is -0.479 e. The summed E-state index contributed by atoms with van der Waals surface area (Å²) in [5.41, 5.74) is 1.96. The van der Waals surface area contributed by atoms with Crippen LogP contribution in [-0.2, 0) is 11.2 Å². The first kappa shape index (κ1) is 19.6. The van der Waals surface area contributed by atoms with Crippen molar-refractivity contribution in [2.24, 2.45) is 0 Å². The summed E-state index contributed by atoms with van der Waals surface area (Å²) in [6.07, 6.45) is 0.280. The van der Waals surface area contributed by atoms with Crippen molar-refractivity contribution >= 4 is 34.8 Å². The SMILES string of the molecule is CC(Oc1ccc(Cl)cc1Cl)C(=O)Nc1ccc(CCN(C)C)cc1. The van der Waals surface area contributed by atoms with E-state index >= 15 is 0 Å². The second-order valence-corrected chi connectivity index (χ2v) is 6.92. The Morgan fingerprint density at radius 2 is 1.84 bits per heavy atom. The van der Waals surface area contributed by atoms with Crippen molar-refractivity contribution < 1.29 is 9.53 Å². The van der Waals surface area contributed by atoms with Crippen LogP contribution in [0.1, 0.15) is 12.5 Å². The Morgan fingerprint density at radius 3 is 2.44 bits per heavy atom. The van der Waals surface area contributed by atoms with Gasteiger partial charge in [0.2, 0.25) is 0 Å². The molecule has 1 unspecified atom stereocenters. The molecule has 2 aromatic carbocycles. The van der Waals surface area contributed by atoms with E-state index in [2.05, 4.69) is 10.2 Å². The van der Waals surface area contributed by atoms with E-state index in [9.17, 15) is 4.79 Å². The molecule has 1 amide bonds. The van der Waals surface area contributed by atoms with Gasteiger partial charge in [-0.3, -0.25) is 4.79 Å². The van der Waals surface area contributed by atoms with Gasteiger partial charge in [0.05, 0.1) is 5.02 Å². The number of nitrogens with zero attached hydrogens (tertiary/aromatic N) is 1. The average molecular weight is 381 g/mol. The van der Waals surface area contributed by atoms with Gasteiger partial charge >= 0.3 is 0 Å². The summed E-state index contributed by atoms with van der Waals surface area (Å²) in [5, 5.41) is 3.73. The summed E-state index contributed by atoms with van der Waals surface area (Å²) < 4.78 is 5.61. The molecule has 0 saturated heterocycles. The van der Waals surface area contributed by atoms with Crippen LogP contribution in [0.2, 0.25) is 10.0 Å². The van der Waals surface area contributed by atoms with Gasteiger partial charge in [-0.15, -0.1) is 0 Å². The molecule has 0 radical (unpaired) electrons. The molecule has 1 atom stereocenters. The molecule has 0 spiro atoms. The molecule has 0 bridgehead atoms. The predicted octanol–water partition coefficient (Wildman–Crippen LogP) is 4.50. The highest BCUT2D eigenvalue weighted by Crippen LogP contribution is 2.28. The first-order valence-corrected chi connectivity index (χ1v) is 8.77. The Hall–Kier alpha value is -1.75. The van der Waals surface area contributed by atoms with Crippen LogP contribution in [0.15, 0.2) is 42.5 Å². The summed E-state index contributed by atoms with van der Waals surface area (Å²) >= 11 is 11.9. The van der Waals surface area contributed by atoms with Gasteiger partial charge < -0.3 is 15.0 Å². The molecule has 0 aliphatic rings. The summed E-state index contributed by atoms with van der Waals surface area (Å²) in [7, 11) is 4.09. The molecule has 0 aliphatic carbocycles. The normalized spacial score (nSPS) is 12.1. The van der Waals surface area contributed by atoms with E-state index in [0.29, 0.717) is 15.8 Å². The lowest BCUT2D eigenvalue weighted by atomic mass is 10.1. The van der Waals surface area contributed by atoms with E-state index in [0.717, 1.165) is 18.7 Å². The Kier molecular flexibility index (Phi) is 7.12. The van der Waals surface area contributed by atoms with Gasteiger partial charge in [-0.05, 0) is 63.3 Å². The van der Waals surface area contributed by atoms with Gasteiger partial charge in [-0.2, -0.15) is 0 Å². The number of anilines is 1. The predicted molar refractivity (Wildman–Crippen MR) is 104 cm³/mol. The van der Waals surface area contributed by atoms with Crippen LogP contribution in [0.5, 0.6) is 5.75 Å². The van der Waals surface area contributed by atoms with E-state index in [1.807, 2.05) is 38.4 Å². The lowest BCUT2D eigenvalue weighted by Crippen LogP contribution is -2.30. The Morgan fingerprint density at radius 1 is 1.16 bits per heavy atom. The first-order valence-electron chi connectivity index (χ1n) is 8.01. The van der Waals surface area contributed by atoms with E-state index in [-0.39, 0.29) is 5.91 Å². The maximum absolute atomic E-state index is 12.3. The van der Waals surface area contributed by atoms with Gasteiger partial charge in [0.1, 0.15) is 5.75 Å². The molecule has 6 heteroatoms. The van der Waals surface area contributed by atoms with Crippen LogP contribution in [-0.4, -0.2) is 37.6 Å². The molecule has 0 saturated carbocycles. The largest absolute Gasteiger partial charge is 0.479 e. The average Bonchev–Trinajstić information content (AvgIpc) is 2.56. The van der Waals surface area contributed by atoms with Crippen LogP contribution >= 0.6 is 23.2 Å². The van der Waals surface area contributed by atoms with E-state index in [1.54, 1.807) is 25.1 Å². The molecule has 2 rings (SSSR count). The first-order chi connectivity index (χ1) is 11.8. The monoisotopic (exact) mass is 380 g/mol. The maximum atomic E-state index is 12.3. The highest BCUT2D eigenvalue weighted by Gasteiger charge is 2.16. The van der Waals surface area contributed by atoms with Crippen molar-refractivity contribution in [2.75, 3.05) is 26.0 Å². The number of hydrogen-bond acceptors (Lipinski definition) is 3. The number of carbonyl (C=O) groups excluding carboxylic acids is 1. The second kappa shape index (κ2) is 9.09. The third-order valence-electron chi connectivity index (χ3n) is 3.64. The fourth-order valence-electron chi connectivity index (χ4n) is 2.17.